The predicted octanol–water partition coefficient (Wildman–Crippen LogP) is 1.25. The van der Waals surface area contributed by atoms with Gasteiger partial charge in [-0.15, -0.1) is 11.3 Å². The summed E-state index contributed by atoms with van der Waals surface area (Å²) in [5.74, 6) is 0. The highest BCUT2D eigenvalue weighted by molar-refractivity contribution is 7.89. The van der Waals surface area contributed by atoms with Crippen LogP contribution in [0.2, 0.25) is 0 Å². The second-order valence-corrected chi connectivity index (χ2v) is 6.85. The summed E-state index contributed by atoms with van der Waals surface area (Å²) < 4.78 is 31.4. The highest BCUT2D eigenvalue weighted by atomic mass is 32.2. The minimum Gasteiger partial charge on any atom is -0.383 e. The van der Waals surface area contributed by atoms with Gasteiger partial charge >= 0.3 is 0 Å². The monoisotopic (exact) mass is 292 g/mol. The van der Waals surface area contributed by atoms with Gasteiger partial charge in [0.05, 0.1) is 11.5 Å². The number of likely N-dealkylation sites (N-methyl/N-ethyl adjacent to an activating group) is 1. The molecule has 0 aliphatic rings. The Kier molecular flexibility index (Phi) is 5.74. The second kappa shape index (κ2) is 6.63. The number of hydrogen-bond acceptors (Lipinski definition) is 5. The Morgan fingerprint density at radius 1 is 1.56 bits per heavy atom. The molecular formula is C11H20N2O3S2. The number of rotatable bonds is 7. The first-order valence-corrected chi connectivity index (χ1v) is 8.07. The van der Waals surface area contributed by atoms with Crippen LogP contribution in [0.4, 0.5) is 0 Å². The van der Waals surface area contributed by atoms with E-state index in [1.807, 2.05) is 13.8 Å². The fourth-order valence-electron chi connectivity index (χ4n) is 1.78. The largest absolute Gasteiger partial charge is 0.383 e. The molecule has 0 amide bonds. The van der Waals surface area contributed by atoms with E-state index in [0.29, 0.717) is 24.6 Å². The van der Waals surface area contributed by atoms with Crippen LogP contribution in [-0.2, 0) is 21.3 Å². The minimum absolute atomic E-state index is 0.189. The molecule has 0 fully saturated rings. The molecule has 1 unspecified atom stereocenters. The zero-order valence-corrected chi connectivity index (χ0v) is 12.6. The third-order valence-corrected chi connectivity index (χ3v) is 5.82. The maximum Gasteiger partial charge on any atom is 0.244 e. The maximum atomic E-state index is 12.4. The summed E-state index contributed by atoms with van der Waals surface area (Å²) in [5.41, 5.74) is 5.50. The van der Waals surface area contributed by atoms with Crippen LogP contribution in [0.25, 0.3) is 0 Å². The van der Waals surface area contributed by atoms with Crippen LogP contribution < -0.4 is 5.73 Å². The van der Waals surface area contributed by atoms with Gasteiger partial charge in [0.15, 0.2) is 0 Å². The van der Waals surface area contributed by atoms with Crippen LogP contribution in [0.15, 0.2) is 16.3 Å². The predicted molar refractivity (Wildman–Crippen MR) is 73.1 cm³/mol. The first-order valence-electron chi connectivity index (χ1n) is 5.75. The summed E-state index contributed by atoms with van der Waals surface area (Å²) in [7, 11) is -1.89. The fourth-order valence-corrected chi connectivity index (χ4v) is 4.55. The van der Waals surface area contributed by atoms with Gasteiger partial charge in [0.2, 0.25) is 10.0 Å². The molecule has 0 bridgehead atoms. The Balaban J connectivity index is 3.02. The van der Waals surface area contributed by atoms with E-state index >= 15 is 0 Å². The fraction of sp³-hybridized carbons (Fsp3) is 0.636. The molecule has 1 rings (SSSR count). The van der Waals surface area contributed by atoms with Gasteiger partial charge in [-0.1, -0.05) is 6.92 Å². The lowest BCUT2D eigenvalue weighted by Gasteiger charge is -2.26. The van der Waals surface area contributed by atoms with Crippen molar-refractivity contribution in [1.82, 2.24) is 4.31 Å². The van der Waals surface area contributed by atoms with Gasteiger partial charge in [-0.2, -0.15) is 4.31 Å². The van der Waals surface area contributed by atoms with E-state index in [1.165, 1.54) is 15.6 Å². The Morgan fingerprint density at radius 2 is 2.22 bits per heavy atom. The van der Waals surface area contributed by atoms with Gasteiger partial charge in [-0.3, -0.25) is 0 Å². The van der Waals surface area contributed by atoms with Crippen LogP contribution >= 0.6 is 11.3 Å². The van der Waals surface area contributed by atoms with E-state index in [2.05, 4.69) is 0 Å². The van der Waals surface area contributed by atoms with Crippen molar-refractivity contribution in [3.63, 3.8) is 0 Å². The maximum absolute atomic E-state index is 12.4. The summed E-state index contributed by atoms with van der Waals surface area (Å²) in [6.07, 6.45) is 0. The van der Waals surface area contributed by atoms with Gasteiger partial charge in [-0.05, 0) is 13.0 Å². The quantitative estimate of drug-likeness (QED) is 0.821. The average Bonchev–Trinajstić information content (AvgIpc) is 2.79. The van der Waals surface area contributed by atoms with E-state index in [0.717, 1.165) is 4.88 Å². The highest BCUT2D eigenvalue weighted by Crippen LogP contribution is 2.23. The van der Waals surface area contributed by atoms with Gasteiger partial charge in [0.25, 0.3) is 0 Å². The molecular weight excluding hydrogens is 272 g/mol. The summed E-state index contributed by atoms with van der Waals surface area (Å²) in [5, 5.41) is 1.64. The molecule has 0 spiro atoms. The first-order chi connectivity index (χ1) is 8.47. The van der Waals surface area contributed by atoms with Crippen molar-refractivity contribution in [3.8, 4) is 0 Å². The topological polar surface area (TPSA) is 72.6 Å². The molecule has 1 atom stereocenters. The molecule has 104 valence electrons. The van der Waals surface area contributed by atoms with Crippen LogP contribution in [-0.4, -0.2) is 39.0 Å². The highest BCUT2D eigenvalue weighted by Gasteiger charge is 2.28. The second-order valence-electron chi connectivity index (χ2n) is 3.97. The number of nitrogens with two attached hydrogens (primary N) is 1. The Labute approximate surface area is 113 Å². The smallest absolute Gasteiger partial charge is 0.244 e. The van der Waals surface area contributed by atoms with Crippen LogP contribution in [0.1, 0.15) is 18.7 Å². The number of hydrogen-bond donors (Lipinski definition) is 1. The van der Waals surface area contributed by atoms with Crippen LogP contribution in [0.3, 0.4) is 0 Å². The summed E-state index contributed by atoms with van der Waals surface area (Å²) in [4.78, 5) is 1.18. The Morgan fingerprint density at radius 3 is 2.67 bits per heavy atom. The zero-order chi connectivity index (χ0) is 13.8. The van der Waals surface area contributed by atoms with E-state index in [-0.39, 0.29) is 6.04 Å². The molecule has 7 heteroatoms. The molecule has 0 aliphatic heterocycles. The Hall–Kier alpha value is -0.470. The van der Waals surface area contributed by atoms with Gasteiger partial charge in [0.1, 0.15) is 0 Å². The van der Waals surface area contributed by atoms with Crippen LogP contribution in [0, 0.1) is 0 Å². The molecule has 18 heavy (non-hydrogen) atoms. The van der Waals surface area contributed by atoms with Crippen molar-refractivity contribution >= 4 is 21.4 Å². The molecule has 0 radical (unpaired) electrons. The molecule has 0 aromatic carbocycles. The number of sulfonamides is 1. The van der Waals surface area contributed by atoms with Crippen molar-refractivity contribution in [3.05, 3.63) is 16.3 Å². The number of methoxy groups -OCH3 is 1. The van der Waals surface area contributed by atoms with Crippen LogP contribution in [0.5, 0.6) is 0 Å². The SMILES string of the molecule is CCN(C(C)COC)S(=O)(=O)c1csc(CN)c1. The summed E-state index contributed by atoms with van der Waals surface area (Å²) >= 11 is 1.37. The van der Waals surface area contributed by atoms with Crippen molar-refractivity contribution < 1.29 is 13.2 Å². The molecule has 0 saturated carbocycles. The van der Waals surface area contributed by atoms with Crippen molar-refractivity contribution in [1.29, 1.82) is 0 Å². The third kappa shape index (κ3) is 3.30. The third-order valence-electron chi connectivity index (χ3n) is 2.65. The number of thiophene rings is 1. The van der Waals surface area contributed by atoms with Gasteiger partial charge in [-0.25, -0.2) is 8.42 Å². The molecule has 5 nitrogen and oxygen atoms in total. The summed E-state index contributed by atoms with van der Waals surface area (Å²) in [6, 6.07) is 1.45. The molecule has 1 heterocycles. The standard InChI is InChI=1S/C11H20N2O3S2/c1-4-13(9(2)7-16-3)18(14,15)11-5-10(6-12)17-8-11/h5,8-9H,4,6-7,12H2,1-3H3. The van der Waals surface area contributed by atoms with E-state index < -0.39 is 10.0 Å². The Bertz CT molecular complexity index is 470. The zero-order valence-electron chi connectivity index (χ0n) is 10.9. The molecule has 1 aromatic rings. The van der Waals surface area contributed by atoms with Crippen molar-refractivity contribution in [2.24, 2.45) is 5.73 Å². The van der Waals surface area contributed by atoms with Crippen molar-refractivity contribution in [2.75, 3.05) is 20.3 Å². The van der Waals surface area contributed by atoms with E-state index in [9.17, 15) is 8.42 Å². The minimum atomic E-state index is -3.45. The normalized spacial score (nSPS) is 14.1. The number of nitrogens with zero attached hydrogens (tertiary/aromatic N) is 1. The molecule has 0 aliphatic carbocycles. The van der Waals surface area contributed by atoms with Crippen molar-refractivity contribution in [2.45, 2.75) is 31.3 Å². The van der Waals surface area contributed by atoms with Gasteiger partial charge < -0.3 is 10.5 Å². The molecule has 2 N–H and O–H groups in total. The lowest BCUT2D eigenvalue weighted by Crippen LogP contribution is -2.40. The lowest BCUT2D eigenvalue weighted by atomic mass is 10.4. The summed E-state index contributed by atoms with van der Waals surface area (Å²) in [6.45, 7) is 4.81. The average molecular weight is 292 g/mol. The molecule has 0 saturated heterocycles. The molecule has 1 aromatic heterocycles. The number of ether oxygens (including phenoxy) is 1. The van der Waals surface area contributed by atoms with E-state index in [1.54, 1.807) is 18.6 Å². The first kappa shape index (κ1) is 15.6. The van der Waals surface area contributed by atoms with E-state index in [4.69, 9.17) is 10.5 Å². The van der Waals surface area contributed by atoms with Gasteiger partial charge in [0, 0.05) is 36.5 Å². The lowest BCUT2D eigenvalue weighted by molar-refractivity contribution is 0.142.